The van der Waals surface area contributed by atoms with Gasteiger partial charge in [-0.2, -0.15) is 0 Å². The molecule has 0 saturated heterocycles. The Morgan fingerprint density at radius 1 is 1.17 bits per heavy atom. The number of nitrogens with two attached hydrogens (primary N) is 1. The second-order valence-electron chi connectivity index (χ2n) is 3.96. The summed E-state index contributed by atoms with van der Waals surface area (Å²) in [5.74, 6) is 6.12. The Bertz CT molecular complexity index is 663. The largest absolute Gasteiger partial charge is 0.308 e. The van der Waals surface area contributed by atoms with E-state index >= 15 is 0 Å². The molecule has 5 heteroatoms. The fraction of sp³-hybridized carbons (Fsp3) is 0.0769. The molecule has 0 fully saturated rings. The Kier molecular flexibility index (Phi) is 2.92. The molecule has 90 valence electrons. The van der Waals surface area contributed by atoms with Gasteiger partial charge in [0.1, 0.15) is 11.2 Å². The van der Waals surface area contributed by atoms with Crippen molar-refractivity contribution in [2.45, 2.75) is 6.42 Å². The number of hydrogen-bond donors (Lipinski definition) is 2. The topological polar surface area (TPSA) is 63.8 Å². The zero-order valence-corrected chi connectivity index (χ0v) is 10.4. The molecule has 0 unspecified atom stereocenters. The number of hydrazine groups is 1. The molecule has 2 aromatic heterocycles. The van der Waals surface area contributed by atoms with Crippen LogP contribution in [0.4, 0.5) is 5.82 Å². The smallest absolute Gasteiger partial charge is 0.152 e. The van der Waals surface area contributed by atoms with E-state index in [0.717, 1.165) is 16.6 Å². The van der Waals surface area contributed by atoms with Gasteiger partial charge in [0.15, 0.2) is 5.82 Å². The third kappa shape index (κ3) is 2.05. The van der Waals surface area contributed by atoms with Crippen molar-refractivity contribution < 1.29 is 0 Å². The molecule has 1 aromatic carbocycles. The van der Waals surface area contributed by atoms with E-state index in [-0.39, 0.29) is 0 Å². The summed E-state index contributed by atoms with van der Waals surface area (Å²) in [5, 5.41) is 0.982. The van der Waals surface area contributed by atoms with Crippen LogP contribution in [-0.2, 0) is 6.42 Å². The van der Waals surface area contributed by atoms with Crippen LogP contribution < -0.4 is 11.3 Å². The van der Waals surface area contributed by atoms with Crippen LogP contribution >= 0.6 is 11.3 Å². The van der Waals surface area contributed by atoms with E-state index < -0.39 is 0 Å². The first-order valence-corrected chi connectivity index (χ1v) is 6.42. The molecule has 0 spiro atoms. The molecule has 0 aliphatic carbocycles. The van der Waals surface area contributed by atoms with Gasteiger partial charge in [-0.05, 0) is 11.6 Å². The van der Waals surface area contributed by atoms with E-state index in [2.05, 4.69) is 45.7 Å². The van der Waals surface area contributed by atoms with Gasteiger partial charge < -0.3 is 5.43 Å². The fourth-order valence-electron chi connectivity index (χ4n) is 1.90. The SMILES string of the molecule is NNc1ncnc2sc(Cc3ccccc3)cc12. The van der Waals surface area contributed by atoms with Crippen LogP contribution in [-0.4, -0.2) is 9.97 Å². The molecule has 0 aliphatic heterocycles. The zero-order valence-electron chi connectivity index (χ0n) is 9.63. The number of thiophene rings is 1. The van der Waals surface area contributed by atoms with Crippen LogP contribution in [0.5, 0.6) is 0 Å². The quantitative estimate of drug-likeness (QED) is 0.558. The highest BCUT2D eigenvalue weighted by atomic mass is 32.1. The molecule has 0 aliphatic rings. The van der Waals surface area contributed by atoms with Crippen LogP contribution in [0.3, 0.4) is 0 Å². The lowest BCUT2D eigenvalue weighted by Gasteiger charge is -1.97. The summed E-state index contributed by atoms with van der Waals surface area (Å²) < 4.78 is 0. The van der Waals surface area contributed by atoms with Gasteiger partial charge in [-0.15, -0.1) is 11.3 Å². The first-order chi connectivity index (χ1) is 8.86. The van der Waals surface area contributed by atoms with Crippen molar-refractivity contribution in [2.75, 3.05) is 5.43 Å². The maximum Gasteiger partial charge on any atom is 0.152 e. The van der Waals surface area contributed by atoms with E-state index in [4.69, 9.17) is 5.84 Å². The van der Waals surface area contributed by atoms with Gasteiger partial charge in [0.25, 0.3) is 0 Å². The van der Waals surface area contributed by atoms with Gasteiger partial charge in [-0.1, -0.05) is 30.3 Å². The van der Waals surface area contributed by atoms with Gasteiger partial charge in [0.2, 0.25) is 0 Å². The number of nitrogen functional groups attached to an aromatic ring is 1. The minimum absolute atomic E-state index is 0.676. The number of nitrogens with one attached hydrogen (secondary N) is 1. The Morgan fingerprint density at radius 2 is 2.00 bits per heavy atom. The van der Waals surface area contributed by atoms with Crippen molar-refractivity contribution in [1.29, 1.82) is 0 Å². The standard InChI is InChI=1S/C13H12N4S/c14-17-12-11-7-10(18-13(11)16-8-15-12)6-9-4-2-1-3-5-9/h1-5,7-8H,6,14H2,(H,15,16,17). The molecule has 3 N–H and O–H groups in total. The molecular weight excluding hydrogens is 244 g/mol. The summed E-state index contributed by atoms with van der Waals surface area (Å²) in [6.45, 7) is 0. The van der Waals surface area contributed by atoms with Crippen molar-refractivity contribution in [1.82, 2.24) is 9.97 Å². The number of aromatic nitrogens is 2. The molecule has 0 bridgehead atoms. The lowest BCUT2D eigenvalue weighted by Crippen LogP contribution is -2.08. The van der Waals surface area contributed by atoms with E-state index in [1.54, 1.807) is 11.3 Å². The molecule has 0 atom stereocenters. The molecule has 3 aromatic rings. The molecule has 3 rings (SSSR count). The highest BCUT2D eigenvalue weighted by Crippen LogP contribution is 2.29. The van der Waals surface area contributed by atoms with Gasteiger partial charge in [0, 0.05) is 11.3 Å². The molecular formula is C13H12N4S. The summed E-state index contributed by atoms with van der Waals surface area (Å²) in [6, 6.07) is 12.5. The van der Waals surface area contributed by atoms with Crippen molar-refractivity contribution in [3.63, 3.8) is 0 Å². The number of nitrogens with zero attached hydrogens (tertiary/aromatic N) is 2. The Balaban J connectivity index is 1.99. The van der Waals surface area contributed by atoms with Crippen LogP contribution in [0.15, 0.2) is 42.7 Å². The predicted molar refractivity (Wildman–Crippen MR) is 74.5 cm³/mol. The minimum atomic E-state index is 0.676. The number of fused-ring (bicyclic) bond motifs is 1. The Labute approximate surface area is 108 Å². The number of anilines is 1. The molecule has 2 heterocycles. The Morgan fingerprint density at radius 3 is 2.78 bits per heavy atom. The number of hydrogen-bond acceptors (Lipinski definition) is 5. The van der Waals surface area contributed by atoms with Gasteiger partial charge in [0.05, 0.1) is 5.39 Å². The minimum Gasteiger partial charge on any atom is -0.308 e. The van der Waals surface area contributed by atoms with E-state index in [9.17, 15) is 0 Å². The molecule has 0 radical (unpaired) electrons. The van der Waals surface area contributed by atoms with Crippen molar-refractivity contribution >= 4 is 27.4 Å². The van der Waals surface area contributed by atoms with E-state index in [0.29, 0.717) is 5.82 Å². The highest BCUT2D eigenvalue weighted by molar-refractivity contribution is 7.18. The third-order valence-corrected chi connectivity index (χ3v) is 3.78. The van der Waals surface area contributed by atoms with Crippen LogP contribution in [0.1, 0.15) is 10.4 Å². The second-order valence-corrected chi connectivity index (χ2v) is 5.08. The lowest BCUT2D eigenvalue weighted by molar-refractivity contribution is 1.19. The average molecular weight is 256 g/mol. The molecule has 0 amide bonds. The zero-order chi connectivity index (χ0) is 12.4. The normalized spacial score (nSPS) is 10.7. The summed E-state index contributed by atoms with van der Waals surface area (Å²) in [5.41, 5.74) is 3.89. The second kappa shape index (κ2) is 4.72. The molecule has 18 heavy (non-hydrogen) atoms. The van der Waals surface area contributed by atoms with E-state index in [1.165, 1.54) is 16.8 Å². The summed E-state index contributed by atoms with van der Waals surface area (Å²) in [7, 11) is 0. The van der Waals surface area contributed by atoms with E-state index in [1.807, 2.05) is 6.07 Å². The first kappa shape index (κ1) is 11.1. The van der Waals surface area contributed by atoms with Gasteiger partial charge >= 0.3 is 0 Å². The average Bonchev–Trinajstić information content (AvgIpc) is 2.82. The first-order valence-electron chi connectivity index (χ1n) is 5.61. The molecule has 0 saturated carbocycles. The van der Waals surface area contributed by atoms with Crippen molar-refractivity contribution in [2.24, 2.45) is 5.84 Å². The van der Waals surface area contributed by atoms with Crippen LogP contribution in [0.2, 0.25) is 0 Å². The van der Waals surface area contributed by atoms with Crippen molar-refractivity contribution in [3.8, 4) is 0 Å². The lowest BCUT2D eigenvalue weighted by atomic mass is 10.1. The van der Waals surface area contributed by atoms with Crippen molar-refractivity contribution in [3.05, 3.63) is 53.2 Å². The predicted octanol–water partition coefficient (Wildman–Crippen LogP) is 2.57. The third-order valence-electron chi connectivity index (χ3n) is 2.74. The maximum atomic E-state index is 5.44. The van der Waals surface area contributed by atoms with Gasteiger partial charge in [-0.25, -0.2) is 15.8 Å². The molecule has 4 nitrogen and oxygen atoms in total. The number of benzene rings is 1. The van der Waals surface area contributed by atoms with Gasteiger partial charge in [-0.3, -0.25) is 0 Å². The summed E-state index contributed by atoms with van der Waals surface area (Å²) in [4.78, 5) is 10.6. The Hall–Kier alpha value is -1.98. The monoisotopic (exact) mass is 256 g/mol. The maximum absolute atomic E-state index is 5.44. The fourth-order valence-corrected chi connectivity index (χ4v) is 2.93. The summed E-state index contributed by atoms with van der Waals surface area (Å²) >= 11 is 1.67. The van der Waals surface area contributed by atoms with Crippen LogP contribution in [0.25, 0.3) is 10.2 Å². The van der Waals surface area contributed by atoms with Crippen LogP contribution in [0, 0.1) is 0 Å². The number of rotatable bonds is 3. The summed E-state index contributed by atoms with van der Waals surface area (Å²) in [6.07, 6.45) is 2.44. The highest BCUT2D eigenvalue weighted by Gasteiger charge is 2.08.